The smallest absolute Gasteiger partial charge is 0.261 e. The number of hydrogen-bond donors (Lipinski definition) is 2. The van der Waals surface area contributed by atoms with Gasteiger partial charge in [-0.1, -0.05) is 25.5 Å². The number of rotatable bonds is 5. The number of anilines is 1. The summed E-state index contributed by atoms with van der Waals surface area (Å²) in [6.07, 6.45) is 1.97. The molecule has 2 aromatic carbocycles. The van der Waals surface area contributed by atoms with E-state index in [1.54, 1.807) is 30.3 Å². The summed E-state index contributed by atoms with van der Waals surface area (Å²) >= 11 is 0. The molecule has 0 bridgehead atoms. The van der Waals surface area contributed by atoms with Crippen LogP contribution in [-0.2, 0) is 16.4 Å². The number of H-pyrrole nitrogens is 1. The second-order valence-electron chi connectivity index (χ2n) is 5.03. The lowest BCUT2D eigenvalue weighted by Crippen LogP contribution is -2.12. The van der Waals surface area contributed by atoms with E-state index in [1.165, 1.54) is 0 Å². The maximum absolute atomic E-state index is 12.4. The Kier molecular flexibility index (Phi) is 3.81. The van der Waals surface area contributed by atoms with E-state index in [4.69, 9.17) is 0 Å². The molecule has 0 aliphatic rings. The third-order valence-electron chi connectivity index (χ3n) is 3.34. The number of benzene rings is 2. The fraction of sp³-hybridized carbons (Fsp3) is 0.200. The second-order valence-corrected chi connectivity index (χ2v) is 6.71. The molecule has 0 saturated carbocycles. The molecule has 22 heavy (non-hydrogen) atoms. The highest BCUT2D eigenvalue weighted by Crippen LogP contribution is 2.20. The van der Waals surface area contributed by atoms with Crippen molar-refractivity contribution in [3.8, 4) is 0 Å². The zero-order valence-corrected chi connectivity index (χ0v) is 12.9. The molecule has 0 aliphatic heterocycles. The molecule has 7 heteroatoms. The van der Waals surface area contributed by atoms with Gasteiger partial charge in [0.1, 0.15) is 11.0 Å². The molecule has 0 unspecified atom stereocenters. The zero-order chi connectivity index (χ0) is 15.6. The maximum atomic E-state index is 12.4. The molecular weight excluding hydrogens is 300 g/mol. The van der Waals surface area contributed by atoms with Crippen LogP contribution in [0.3, 0.4) is 0 Å². The van der Waals surface area contributed by atoms with Gasteiger partial charge in [-0.15, -0.1) is 0 Å². The van der Waals surface area contributed by atoms with Crippen LogP contribution in [0.1, 0.15) is 18.9 Å². The number of aromatic amines is 1. The summed E-state index contributed by atoms with van der Waals surface area (Å²) in [7, 11) is -3.61. The summed E-state index contributed by atoms with van der Waals surface area (Å²) in [5, 5.41) is 10.4. The van der Waals surface area contributed by atoms with E-state index in [2.05, 4.69) is 27.1 Å². The molecule has 1 heterocycles. The highest BCUT2D eigenvalue weighted by Gasteiger charge is 2.14. The van der Waals surface area contributed by atoms with Crippen molar-refractivity contribution in [3.63, 3.8) is 0 Å². The van der Waals surface area contributed by atoms with Gasteiger partial charge in [0.05, 0.1) is 10.6 Å². The molecule has 3 aromatic rings. The van der Waals surface area contributed by atoms with Crippen molar-refractivity contribution in [1.82, 2.24) is 15.4 Å². The van der Waals surface area contributed by atoms with E-state index in [0.717, 1.165) is 18.4 Å². The Bertz CT molecular complexity index is 885. The van der Waals surface area contributed by atoms with Gasteiger partial charge < -0.3 is 0 Å². The number of aryl methyl sites for hydroxylation is 1. The van der Waals surface area contributed by atoms with Crippen molar-refractivity contribution < 1.29 is 8.42 Å². The first-order valence-electron chi connectivity index (χ1n) is 7.01. The summed E-state index contributed by atoms with van der Waals surface area (Å²) in [6.45, 7) is 2.09. The average molecular weight is 316 g/mol. The Morgan fingerprint density at radius 3 is 2.50 bits per heavy atom. The molecule has 0 fully saturated rings. The van der Waals surface area contributed by atoms with Crippen molar-refractivity contribution in [1.29, 1.82) is 0 Å². The van der Waals surface area contributed by atoms with Crippen LogP contribution >= 0.6 is 0 Å². The van der Waals surface area contributed by atoms with Crippen molar-refractivity contribution >= 4 is 26.7 Å². The Labute approximate surface area is 128 Å². The molecular formula is C15H16N4O2S. The summed E-state index contributed by atoms with van der Waals surface area (Å²) in [4.78, 5) is 0.243. The quantitative estimate of drug-likeness (QED) is 0.757. The molecule has 0 atom stereocenters. The molecule has 2 N–H and O–H groups in total. The van der Waals surface area contributed by atoms with Crippen molar-refractivity contribution in [2.45, 2.75) is 24.7 Å². The summed E-state index contributed by atoms with van der Waals surface area (Å²) in [5.41, 5.74) is 2.88. The predicted molar refractivity (Wildman–Crippen MR) is 85.1 cm³/mol. The number of nitrogens with zero attached hydrogens (tertiary/aromatic N) is 2. The van der Waals surface area contributed by atoms with Gasteiger partial charge in [-0.25, -0.2) is 8.42 Å². The molecule has 0 aliphatic carbocycles. The topological polar surface area (TPSA) is 87.7 Å². The fourth-order valence-corrected chi connectivity index (χ4v) is 3.29. The number of aromatic nitrogens is 3. The predicted octanol–water partition coefficient (Wildman–Crippen LogP) is 2.71. The molecule has 114 valence electrons. The van der Waals surface area contributed by atoms with E-state index < -0.39 is 10.0 Å². The first kappa shape index (κ1) is 14.5. The van der Waals surface area contributed by atoms with Crippen LogP contribution in [0.2, 0.25) is 0 Å². The Hall–Kier alpha value is -2.41. The monoisotopic (exact) mass is 316 g/mol. The fourth-order valence-electron chi connectivity index (χ4n) is 2.24. The lowest BCUT2D eigenvalue weighted by molar-refractivity contribution is 0.601. The normalized spacial score (nSPS) is 11.7. The summed E-state index contributed by atoms with van der Waals surface area (Å²) in [6, 6.07) is 12.0. The molecule has 6 nitrogen and oxygen atoms in total. The van der Waals surface area contributed by atoms with E-state index in [9.17, 15) is 8.42 Å². The second kappa shape index (κ2) is 5.76. The summed E-state index contributed by atoms with van der Waals surface area (Å²) in [5.74, 6) is 0. The first-order chi connectivity index (χ1) is 10.6. The van der Waals surface area contributed by atoms with E-state index in [-0.39, 0.29) is 4.90 Å². The number of hydrogen-bond acceptors (Lipinski definition) is 4. The number of sulfonamides is 1. The van der Waals surface area contributed by atoms with Gasteiger partial charge in [0, 0.05) is 0 Å². The minimum Gasteiger partial charge on any atom is -0.280 e. The van der Waals surface area contributed by atoms with Crippen LogP contribution in [0, 0.1) is 0 Å². The van der Waals surface area contributed by atoms with Crippen molar-refractivity contribution in [2.24, 2.45) is 0 Å². The first-order valence-corrected chi connectivity index (χ1v) is 8.49. The highest BCUT2D eigenvalue weighted by molar-refractivity contribution is 7.92. The van der Waals surface area contributed by atoms with E-state index in [0.29, 0.717) is 16.7 Å². The molecule has 0 amide bonds. The molecule has 0 saturated heterocycles. The Morgan fingerprint density at radius 2 is 1.77 bits per heavy atom. The van der Waals surface area contributed by atoms with Gasteiger partial charge in [-0.3, -0.25) is 4.72 Å². The van der Waals surface area contributed by atoms with Gasteiger partial charge in [-0.2, -0.15) is 15.4 Å². The molecule has 1 aromatic heterocycles. The number of fused-ring (bicyclic) bond motifs is 1. The lowest BCUT2D eigenvalue weighted by atomic mass is 10.1. The van der Waals surface area contributed by atoms with Crippen molar-refractivity contribution in [3.05, 3.63) is 48.0 Å². The number of nitrogens with one attached hydrogen (secondary N) is 2. The third kappa shape index (κ3) is 2.94. The molecule has 0 radical (unpaired) electrons. The van der Waals surface area contributed by atoms with Gasteiger partial charge in [0.25, 0.3) is 10.0 Å². The average Bonchev–Trinajstić information content (AvgIpc) is 2.95. The maximum Gasteiger partial charge on any atom is 0.261 e. The van der Waals surface area contributed by atoms with Crippen molar-refractivity contribution in [2.75, 3.05) is 4.72 Å². The minimum atomic E-state index is -3.61. The zero-order valence-electron chi connectivity index (χ0n) is 12.1. The third-order valence-corrected chi connectivity index (χ3v) is 4.74. The SMILES string of the molecule is CCCc1ccc(S(=O)(=O)Nc2ccc3n[nH]nc3c2)cc1. The lowest BCUT2D eigenvalue weighted by Gasteiger charge is -2.08. The Balaban J connectivity index is 1.85. The molecule has 3 rings (SSSR count). The standard InChI is InChI=1S/C15H16N4O2S/c1-2-3-11-4-7-13(8-5-11)22(20,21)18-12-6-9-14-15(10-12)17-19-16-14/h4-10,18H,2-3H2,1H3,(H,16,17,19). The van der Waals surface area contributed by atoms with Gasteiger partial charge in [-0.05, 0) is 42.3 Å². The Morgan fingerprint density at radius 1 is 1.05 bits per heavy atom. The van der Waals surface area contributed by atoms with Crippen LogP contribution in [0.15, 0.2) is 47.4 Å². The minimum absolute atomic E-state index is 0.243. The van der Waals surface area contributed by atoms with Crippen LogP contribution in [0.4, 0.5) is 5.69 Å². The van der Waals surface area contributed by atoms with Gasteiger partial charge >= 0.3 is 0 Å². The largest absolute Gasteiger partial charge is 0.280 e. The molecule has 0 spiro atoms. The van der Waals surface area contributed by atoms with Crippen LogP contribution in [0.25, 0.3) is 11.0 Å². The highest BCUT2D eigenvalue weighted by atomic mass is 32.2. The van der Waals surface area contributed by atoms with Crippen LogP contribution in [-0.4, -0.2) is 23.8 Å². The van der Waals surface area contributed by atoms with E-state index in [1.807, 2.05) is 12.1 Å². The van der Waals surface area contributed by atoms with Gasteiger partial charge in [0.15, 0.2) is 0 Å². The van der Waals surface area contributed by atoms with Gasteiger partial charge in [0.2, 0.25) is 0 Å². The van der Waals surface area contributed by atoms with Crippen LogP contribution < -0.4 is 4.72 Å². The van der Waals surface area contributed by atoms with E-state index >= 15 is 0 Å². The summed E-state index contributed by atoms with van der Waals surface area (Å²) < 4.78 is 27.3. The van der Waals surface area contributed by atoms with Crippen LogP contribution in [0.5, 0.6) is 0 Å².